The molecule has 2 amide bonds. The maximum Gasteiger partial charge on any atom is 0.490 e. The van der Waals surface area contributed by atoms with Gasteiger partial charge in [0.25, 0.3) is 0 Å². The first-order valence-electron chi connectivity index (χ1n) is 10.4. The molecule has 1 aromatic rings. The predicted molar refractivity (Wildman–Crippen MR) is 104 cm³/mol. The highest BCUT2D eigenvalue weighted by atomic mass is 19.4. The maximum atomic E-state index is 12.6. The molecule has 3 aliphatic rings. The molecule has 2 aliphatic heterocycles. The molecular formula is C20H27F3N4O5. The topological polar surface area (TPSA) is 114 Å². The van der Waals surface area contributed by atoms with E-state index in [0.29, 0.717) is 57.5 Å². The van der Waals surface area contributed by atoms with Crippen molar-refractivity contribution >= 4 is 17.8 Å². The van der Waals surface area contributed by atoms with E-state index in [0.717, 1.165) is 5.69 Å². The molecule has 3 fully saturated rings. The fraction of sp³-hybridized carbons (Fsp3) is 0.700. The van der Waals surface area contributed by atoms with E-state index in [-0.39, 0.29) is 17.2 Å². The number of aliphatic carboxylic acids is 1. The Morgan fingerprint density at radius 2 is 2.03 bits per heavy atom. The Balaban J connectivity index is 0.000000360. The number of alkyl halides is 3. The number of rotatable bonds is 6. The fourth-order valence-corrected chi connectivity index (χ4v) is 4.03. The number of nitrogens with one attached hydrogen (secondary N) is 1. The van der Waals surface area contributed by atoms with Crippen molar-refractivity contribution in [3.63, 3.8) is 0 Å². The molecule has 0 bridgehead atoms. The molecule has 32 heavy (non-hydrogen) atoms. The Morgan fingerprint density at radius 3 is 2.59 bits per heavy atom. The summed E-state index contributed by atoms with van der Waals surface area (Å²) in [6.45, 7) is 3.27. The molecule has 2 N–H and O–H groups in total. The number of carbonyl (C=O) groups excluding carboxylic acids is 2. The Morgan fingerprint density at radius 1 is 1.34 bits per heavy atom. The number of aromatic nitrogens is 2. The highest BCUT2D eigenvalue weighted by Gasteiger charge is 2.51. The van der Waals surface area contributed by atoms with Crippen molar-refractivity contribution in [3.05, 3.63) is 18.0 Å². The molecule has 0 unspecified atom stereocenters. The Bertz CT molecular complexity index is 855. The summed E-state index contributed by atoms with van der Waals surface area (Å²) in [5.74, 6) is -1.61. The molecule has 178 valence electrons. The van der Waals surface area contributed by atoms with Crippen LogP contribution in [0.25, 0.3) is 0 Å². The Labute approximate surface area is 182 Å². The summed E-state index contributed by atoms with van der Waals surface area (Å²) >= 11 is 0. The van der Waals surface area contributed by atoms with Crippen LogP contribution >= 0.6 is 0 Å². The van der Waals surface area contributed by atoms with Gasteiger partial charge in [0, 0.05) is 50.6 Å². The van der Waals surface area contributed by atoms with Crippen LogP contribution in [-0.4, -0.2) is 76.6 Å². The third-order valence-corrected chi connectivity index (χ3v) is 6.03. The van der Waals surface area contributed by atoms with Crippen LogP contribution in [-0.2, 0) is 32.6 Å². The number of halogens is 3. The average Bonchev–Trinajstić information content (AvgIpc) is 3.11. The second-order valence-electron chi connectivity index (χ2n) is 8.73. The number of amides is 2. The van der Waals surface area contributed by atoms with E-state index in [1.54, 1.807) is 4.68 Å². The minimum Gasteiger partial charge on any atom is -0.475 e. The lowest BCUT2D eigenvalue weighted by molar-refractivity contribution is -0.192. The Kier molecular flexibility index (Phi) is 7.11. The van der Waals surface area contributed by atoms with Gasteiger partial charge in [-0.1, -0.05) is 0 Å². The van der Waals surface area contributed by atoms with Crippen molar-refractivity contribution in [1.29, 1.82) is 0 Å². The van der Waals surface area contributed by atoms with Crippen LogP contribution in [0.4, 0.5) is 13.2 Å². The van der Waals surface area contributed by atoms with Gasteiger partial charge in [0.15, 0.2) is 0 Å². The fourth-order valence-electron chi connectivity index (χ4n) is 4.03. The van der Waals surface area contributed by atoms with Crippen LogP contribution in [0.1, 0.15) is 25.0 Å². The molecule has 3 heterocycles. The zero-order valence-corrected chi connectivity index (χ0v) is 17.7. The summed E-state index contributed by atoms with van der Waals surface area (Å²) in [6.07, 6.45) is 0.106. The van der Waals surface area contributed by atoms with Gasteiger partial charge in [0.1, 0.15) is 0 Å². The number of fused-ring (bicyclic) bond motifs is 1. The van der Waals surface area contributed by atoms with Crippen molar-refractivity contribution in [3.8, 4) is 0 Å². The molecular weight excluding hydrogens is 433 g/mol. The largest absolute Gasteiger partial charge is 0.490 e. The van der Waals surface area contributed by atoms with E-state index in [4.69, 9.17) is 14.6 Å². The van der Waals surface area contributed by atoms with Gasteiger partial charge in [-0.05, 0) is 24.8 Å². The summed E-state index contributed by atoms with van der Waals surface area (Å²) in [5, 5.41) is 14.5. The summed E-state index contributed by atoms with van der Waals surface area (Å²) < 4.78 is 39.1. The van der Waals surface area contributed by atoms with Gasteiger partial charge in [0.05, 0.1) is 25.3 Å². The molecule has 0 radical (unpaired) electrons. The van der Waals surface area contributed by atoms with Gasteiger partial charge >= 0.3 is 12.1 Å². The second-order valence-corrected chi connectivity index (χ2v) is 8.73. The number of ether oxygens (including phenoxy) is 1. The van der Waals surface area contributed by atoms with Crippen LogP contribution in [0, 0.1) is 17.3 Å². The number of carbonyl (C=O) groups is 3. The molecule has 0 aromatic carbocycles. The number of carboxylic acid groups (broad SMARTS) is 1. The van der Waals surface area contributed by atoms with E-state index in [9.17, 15) is 22.8 Å². The van der Waals surface area contributed by atoms with Crippen LogP contribution in [0.5, 0.6) is 0 Å². The maximum absolute atomic E-state index is 12.6. The van der Waals surface area contributed by atoms with Gasteiger partial charge in [-0.3, -0.25) is 14.3 Å². The first-order chi connectivity index (χ1) is 15.0. The molecule has 2 saturated heterocycles. The van der Waals surface area contributed by atoms with Crippen LogP contribution in [0.3, 0.4) is 0 Å². The second kappa shape index (κ2) is 9.47. The standard InChI is InChI=1S/C18H26N4O3.C2HF3O2/c1-21-5-4-15(20-21)7-17(24)22-8-14-9-25-12-18(14,11-22)10-19-16(23)6-13-2-3-13;3-2(4,5)1(6)7/h4-5,13-14H,2-3,6-12H2,1H3,(H,19,23);(H,6,7)/t14-,18+;/m1./s1. The molecule has 12 heteroatoms. The number of likely N-dealkylation sites (tertiary alicyclic amines) is 1. The van der Waals surface area contributed by atoms with Crippen molar-refractivity contribution in [2.45, 2.75) is 31.9 Å². The summed E-state index contributed by atoms with van der Waals surface area (Å²) in [7, 11) is 1.85. The van der Waals surface area contributed by atoms with Crippen LogP contribution < -0.4 is 5.32 Å². The van der Waals surface area contributed by atoms with Crippen molar-refractivity contribution in [2.75, 3.05) is 32.8 Å². The third-order valence-electron chi connectivity index (χ3n) is 6.03. The number of carboxylic acids is 1. The van der Waals surface area contributed by atoms with E-state index in [2.05, 4.69) is 10.4 Å². The van der Waals surface area contributed by atoms with Crippen molar-refractivity contribution in [1.82, 2.24) is 20.0 Å². The predicted octanol–water partition coefficient (Wildman–Crippen LogP) is 0.987. The molecule has 0 spiro atoms. The zero-order chi connectivity index (χ0) is 23.5. The number of nitrogens with zero attached hydrogens (tertiary/aromatic N) is 3. The highest BCUT2D eigenvalue weighted by Crippen LogP contribution is 2.41. The molecule has 9 nitrogen and oxygen atoms in total. The van der Waals surface area contributed by atoms with Gasteiger partial charge in [0.2, 0.25) is 11.8 Å². The van der Waals surface area contributed by atoms with Crippen molar-refractivity contribution < 1.29 is 37.4 Å². The van der Waals surface area contributed by atoms with E-state index in [1.807, 2.05) is 24.2 Å². The van der Waals surface area contributed by atoms with E-state index >= 15 is 0 Å². The molecule has 1 aliphatic carbocycles. The molecule has 1 saturated carbocycles. The summed E-state index contributed by atoms with van der Waals surface area (Å²) in [5.41, 5.74) is 0.673. The minimum absolute atomic E-state index is 0.108. The normalized spacial score (nSPS) is 24.5. The van der Waals surface area contributed by atoms with Gasteiger partial charge in [-0.15, -0.1) is 0 Å². The van der Waals surface area contributed by atoms with Gasteiger partial charge in [-0.25, -0.2) is 4.79 Å². The average molecular weight is 460 g/mol. The highest BCUT2D eigenvalue weighted by molar-refractivity contribution is 5.79. The van der Waals surface area contributed by atoms with E-state index in [1.165, 1.54) is 12.8 Å². The van der Waals surface area contributed by atoms with Crippen molar-refractivity contribution in [2.24, 2.45) is 24.3 Å². The lowest BCUT2D eigenvalue weighted by Crippen LogP contribution is -2.43. The molecule has 2 atom stereocenters. The number of aryl methyl sites for hydroxylation is 1. The Hall–Kier alpha value is -2.63. The van der Waals surface area contributed by atoms with E-state index < -0.39 is 12.1 Å². The third kappa shape index (κ3) is 6.21. The first kappa shape index (κ1) is 24.0. The number of hydrogen-bond donors (Lipinski definition) is 2. The SMILES string of the molecule is Cn1ccc(CC(=O)N2C[C@@H]3COC[C@]3(CNC(=O)CC3CC3)C2)n1.O=C(O)C(F)(F)F. The van der Waals surface area contributed by atoms with Crippen LogP contribution in [0.2, 0.25) is 0 Å². The van der Waals surface area contributed by atoms with Gasteiger partial charge < -0.3 is 20.1 Å². The lowest BCUT2D eigenvalue weighted by atomic mass is 9.81. The first-order valence-corrected chi connectivity index (χ1v) is 10.4. The number of hydrogen-bond acceptors (Lipinski definition) is 5. The molecule has 1 aromatic heterocycles. The lowest BCUT2D eigenvalue weighted by Gasteiger charge is -2.27. The monoisotopic (exact) mass is 460 g/mol. The minimum atomic E-state index is -5.08. The quantitative estimate of drug-likeness (QED) is 0.655. The van der Waals surface area contributed by atoms with Crippen LogP contribution in [0.15, 0.2) is 12.3 Å². The van der Waals surface area contributed by atoms with Gasteiger partial charge in [-0.2, -0.15) is 18.3 Å². The summed E-state index contributed by atoms with van der Waals surface area (Å²) in [6, 6.07) is 1.88. The smallest absolute Gasteiger partial charge is 0.475 e. The molecule has 4 rings (SSSR count). The summed E-state index contributed by atoms with van der Waals surface area (Å²) in [4.78, 5) is 35.5. The zero-order valence-electron chi connectivity index (χ0n) is 17.7.